The number of ether oxygens (including phenoxy) is 1. The van der Waals surface area contributed by atoms with Gasteiger partial charge in [0.1, 0.15) is 6.73 Å². The number of methoxy groups -OCH3 is 1. The zero-order valence-corrected chi connectivity index (χ0v) is 12.3. The highest BCUT2D eigenvalue weighted by Gasteiger charge is 2.20. The van der Waals surface area contributed by atoms with E-state index in [1.165, 1.54) is 6.08 Å². The van der Waals surface area contributed by atoms with Crippen LogP contribution in [0.1, 0.15) is 15.9 Å². The van der Waals surface area contributed by atoms with Crippen molar-refractivity contribution in [3.05, 3.63) is 59.8 Å². The fraction of sp³-hybridized carbons (Fsp3) is 0.176. The third-order valence-corrected chi connectivity index (χ3v) is 3.12. The van der Waals surface area contributed by atoms with Gasteiger partial charge in [-0.1, -0.05) is 30.4 Å². The summed E-state index contributed by atoms with van der Waals surface area (Å²) in [6.07, 6.45) is 11.8. The molecule has 0 saturated heterocycles. The average Bonchev–Trinajstić information content (AvgIpc) is 2.58. The van der Waals surface area contributed by atoms with Crippen molar-refractivity contribution >= 4 is 24.0 Å². The van der Waals surface area contributed by atoms with E-state index in [4.69, 9.17) is 4.74 Å². The number of nitrogens with one attached hydrogen (secondary N) is 1. The lowest BCUT2D eigenvalue weighted by Gasteiger charge is -2.22. The fourth-order valence-corrected chi connectivity index (χ4v) is 2.13. The molecule has 1 radical (unpaired) electrons. The van der Waals surface area contributed by atoms with Crippen LogP contribution in [0.5, 0.6) is 0 Å². The van der Waals surface area contributed by atoms with Crippen molar-refractivity contribution in [1.82, 2.24) is 4.90 Å². The summed E-state index contributed by atoms with van der Waals surface area (Å²) in [5, 5.41) is 3.06. The van der Waals surface area contributed by atoms with Crippen molar-refractivity contribution < 1.29 is 14.3 Å². The molecule has 0 aromatic heterocycles. The number of anilines is 1. The molecule has 0 bridgehead atoms. The number of benzene rings is 1. The molecule has 1 amide bonds. The Kier molecular flexibility index (Phi) is 5.68. The first-order valence-electron chi connectivity index (χ1n) is 6.82. The molecule has 2 rings (SSSR count). The summed E-state index contributed by atoms with van der Waals surface area (Å²) in [5.41, 5.74) is 1.80. The van der Waals surface area contributed by atoms with E-state index in [0.717, 1.165) is 0 Å². The van der Waals surface area contributed by atoms with E-state index in [0.29, 0.717) is 23.4 Å². The molecule has 22 heavy (non-hydrogen) atoms. The second-order valence-corrected chi connectivity index (χ2v) is 4.56. The van der Waals surface area contributed by atoms with Crippen molar-refractivity contribution in [1.29, 1.82) is 0 Å². The maximum atomic E-state index is 12.8. The van der Waals surface area contributed by atoms with Crippen LogP contribution in [0.25, 0.3) is 6.08 Å². The van der Waals surface area contributed by atoms with Crippen molar-refractivity contribution in [2.45, 2.75) is 0 Å². The topological polar surface area (TPSA) is 58.6 Å². The summed E-state index contributed by atoms with van der Waals surface area (Å²) in [6.45, 7) is 0.792. The molecule has 0 fully saturated rings. The van der Waals surface area contributed by atoms with Crippen LogP contribution >= 0.6 is 0 Å². The number of hydrogen-bond donors (Lipinski definition) is 1. The van der Waals surface area contributed by atoms with Gasteiger partial charge in [0.15, 0.2) is 0 Å². The molecule has 0 aliphatic carbocycles. The van der Waals surface area contributed by atoms with Crippen molar-refractivity contribution in [3.63, 3.8) is 0 Å². The van der Waals surface area contributed by atoms with E-state index in [1.54, 1.807) is 48.8 Å². The van der Waals surface area contributed by atoms with Gasteiger partial charge in [-0.25, -0.2) is 0 Å². The minimum atomic E-state index is -0.148. The number of hydrogen-bond acceptors (Lipinski definition) is 4. The van der Waals surface area contributed by atoms with Gasteiger partial charge in [0.2, 0.25) is 6.29 Å². The first-order chi connectivity index (χ1) is 10.8. The Bertz CT molecular complexity index is 633. The normalized spacial score (nSPS) is 13.6. The van der Waals surface area contributed by atoms with Gasteiger partial charge < -0.3 is 15.0 Å². The van der Waals surface area contributed by atoms with Crippen LogP contribution in [-0.4, -0.2) is 37.5 Å². The average molecular weight is 297 g/mol. The maximum Gasteiger partial charge on any atom is 0.260 e. The Balaban J connectivity index is 2.41. The Labute approximate surface area is 129 Å². The number of carbonyl (C=O) groups is 1. The summed E-state index contributed by atoms with van der Waals surface area (Å²) in [6, 6.07) is 5.39. The second kappa shape index (κ2) is 7.95. The lowest BCUT2D eigenvalue weighted by atomic mass is 10.0. The highest BCUT2D eigenvalue weighted by atomic mass is 16.5. The van der Waals surface area contributed by atoms with Gasteiger partial charge in [0, 0.05) is 25.5 Å². The lowest BCUT2D eigenvalue weighted by molar-refractivity contribution is 0.0834. The van der Waals surface area contributed by atoms with Gasteiger partial charge in [-0.2, -0.15) is 0 Å². The van der Waals surface area contributed by atoms with Crippen LogP contribution in [-0.2, 0) is 9.53 Å². The highest BCUT2D eigenvalue weighted by Crippen LogP contribution is 2.24. The first kappa shape index (κ1) is 15.7. The van der Waals surface area contributed by atoms with Crippen molar-refractivity contribution in [3.8, 4) is 0 Å². The van der Waals surface area contributed by atoms with Crippen LogP contribution < -0.4 is 5.32 Å². The molecule has 1 heterocycles. The second-order valence-electron chi connectivity index (χ2n) is 4.56. The van der Waals surface area contributed by atoms with Gasteiger partial charge in [0.05, 0.1) is 5.56 Å². The molecule has 113 valence electrons. The molecule has 0 atom stereocenters. The monoisotopic (exact) mass is 297 g/mol. The van der Waals surface area contributed by atoms with E-state index < -0.39 is 0 Å². The third-order valence-electron chi connectivity index (χ3n) is 3.12. The predicted molar refractivity (Wildman–Crippen MR) is 86.0 cm³/mol. The quantitative estimate of drug-likeness (QED) is 0.647. The molecule has 1 aliphatic heterocycles. The summed E-state index contributed by atoms with van der Waals surface area (Å²) < 4.78 is 5.01. The SMILES string of the molecule is COCNc1cccc(/C=C/[C]=O)c1C(=O)N1C=CC=CC1. The Morgan fingerprint density at radius 2 is 2.32 bits per heavy atom. The largest absolute Gasteiger partial charge is 0.365 e. The number of rotatable bonds is 6. The summed E-state index contributed by atoms with van der Waals surface area (Å²) >= 11 is 0. The molecular weight excluding hydrogens is 280 g/mol. The Morgan fingerprint density at radius 1 is 1.45 bits per heavy atom. The van der Waals surface area contributed by atoms with Crippen LogP contribution in [0.2, 0.25) is 0 Å². The third kappa shape index (κ3) is 3.71. The maximum absolute atomic E-state index is 12.8. The van der Waals surface area contributed by atoms with Gasteiger partial charge in [-0.15, -0.1) is 0 Å². The number of allylic oxidation sites excluding steroid dienone is 3. The van der Waals surface area contributed by atoms with Crippen molar-refractivity contribution in [2.24, 2.45) is 0 Å². The minimum absolute atomic E-state index is 0.148. The van der Waals surface area contributed by atoms with Gasteiger partial charge in [0.25, 0.3) is 5.91 Å². The van der Waals surface area contributed by atoms with E-state index >= 15 is 0 Å². The Morgan fingerprint density at radius 3 is 3.00 bits per heavy atom. The number of nitrogens with zero attached hydrogens (tertiary/aromatic N) is 1. The molecular formula is C17H17N2O3. The summed E-state index contributed by atoms with van der Waals surface area (Å²) in [5.74, 6) is -0.148. The molecule has 5 heteroatoms. The molecule has 1 aromatic carbocycles. The van der Waals surface area contributed by atoms with Crippen LogP contribution in [0.4, 0.5) is 5.69 Å². The number of carbonyl (C=O) groups excluding carboxylic acids is 2. The fourth-order valence-electron chi connectivity index (χ4n) is 2.13. The zero-order valence-electron chi connectivity index (χ0n) is 12.3. The van der Waals surface area contributed by atoms with Gasteiger partial charge in [-0.05, 0) is 23.8 Å². The molecule has 5 nitrogen and oxygen atoms in total. The van der Waals surface area contributed by atoms with E-state index in [-0.39, 0.29) is 12.6 Å². The molecule has 0 spiro atoms. The van der Waals surface area contributed by atoms with Crippen LogP contribution in [0.3, 0.4) is 0 Å². The standard InChI is InChI=1S/C17H17N2O3/c1-22-13-18-15-9-5-7-14(8-6-12-20)16(15)17(21)19-10-3-2-4-11-19/h2-10,18H,11,13H2,1H3/b8-6+. The van der Waals surface area contributed by atoms with Gasteiger partial charge >= 0.3 is 0 Å². The number of amides is 1. The van der Waals surface area contributed by atoms with Crippen LogP contribution in [0.15, 0.2) is 48.7 Å². The molecule has 0 saturated carbocycles. The predicted octanol–water partition coefficient (Wildman–Crippen LogP) is 2.35. The lowest BCUT2D eigenvalue weighted by Crippen LogP contribution is -2.28. The molecule has 0 unspecified atom stereocenters. The minimum Gasteiger partial charge on any atom is -0.365 e. The smallest absolute Gasteiger partial charge is 0.260 e. The zero-order chi connectivity index (χ0) is 15.8. The molecule has 1 aromatic rings. The highest BCUT2D eigenvalue weighted by molar-refractivity contribution is 6.04. The van der Waals surface area contributed by atoms with Gasteiger partial charge in [-0.3, -0.25) is 9.59 Å². The van der Waals surface area contributed by atoms with Crippen molar-refractivity contribution in [2.75, 3.05) is 25.7 Å². The van der Waals surface area contributed by atoms with E-state index in [9.17, 15) is 9.59 Å². The Hall–Kier alpha value is -2.66. The van der Waals surface area contributed by atoms with E-state index in [2.05, 4.69) is 5.32 Å². The first-order valence-corrected chi connectivity index (χ1v) is 6.82. The summed E-state index contributed by atoms with van der Waals surface area (Å²) in [4.78, 5) is 24.9. The van der Waals surface area contributed by atoms with Crippen LogP contribution in [0, 0.1) is 0 Å². The summed E-state index contributed by atoms with van der Waals surface area (Å²) in [7, 11) is 1.57. The van der Waals surface area contributed by atoms with E-state index in [1.807, 2.05) is 18.2 Å². The molecule has 1 aliphatic rings. The molecule has 1 N–H and O–H groups in total.